The second-order valence-corrected chi connectivity index (χ2v) is 7.18. The third-order valence-electron chi connectivity index (χ3n) is 3.06. The average molecular weight is 264 g/mol. The predicted molar refractivity (Wildman–Crippen MR) is 78.4 cm³/mol. The van der Waals surface area contributed by atoms with Crippen LogP contribution in [0.3, 0.4) is 0 Å². The van der Waals surface area contributed by atoms with E-state index >= 15 is 0 Å². The summed E-state index contributed by atoms with van der Waals surface area (Å²) in [6.45, 7) is 6.82. The molecule has 0 fully saturated rings. The third kappa shape index (κ3) is 4.77. The molecule has 0 amide bonds. The highest BCUT2D eigenvalue weighted by Gasteiger charge is 2.24. The van der Waals surface area contributed by atoms with Crippen LogP contribution >= 0.6 is 0 Å². The molecule has 0 aliphatic carbocycles. The van der Waals surface area contributed by atoms with Gasteiger partial charge in [-0.25, -0.2) is 0 Å². The van der Waals surface area contributed by atoms with Gasteiger partial charge in [-0.3, -0.25) is 4.79 Å². The van der Waals surface area contributed by atoms with Gasteiger partial charge in [0.05, 0.1) is 21.1 Å². The smallest absolute Gasteiger partial charge is 0.197 e. The van der Waals surface area contributed by atoms with Gasteiger partial charge in [-0.1, -0.05) is 45.0 Å². The molecule has 0 aliphatic heterocycles. The SMILES string of the molecule is CC(C)(C)c1ccc(C(=O)C(O)C[N+](C)(C)C)cc1. The fourth-order valence-corrected chi connectivity index (χ4v) is 1.93. The number of likely N-dealkylation sites (N-methyl/N-ethyl adjacent to an activating group) is 1. The van der Waals surface area contributed by atoms with Crippen LogP contribution in [0.2, 0.25) is 0 Å². The van der Waals surface area contributed by atoms with Gasteiger partial charge in [0.1, 0.15) is 6.54 Å². The van der Waals surface area contributed by atoms with Gasteiger partial charge in [0.2, 0.25) is 0 Å². The Kier molecular flexibility index (Phi) is 4.54. The monoisotopic (exact) mass is 264 g/mol. The van der Waals surface area contributed by atoms with E-state index in [1.807, 2.05) is 45.4 Å². The van der Waals surface area contributed by atoms with Crippen LogP contribution < -0.4 is 0 Å². The van der Waals surface area contributed by atoms with Crippen LogP contribution in [0.5, 0.6) is 0 Å². The number of hydrogen-bond donors (Lipinski definition) is 1. The van der Waals surface area contributed by atoms with E-state index < -0.39 is 6.10 Å². The Morgan fingerprint density at radius 1 is 1.16 bits per heavy atom. The normalized spacial score (nSPS) is 14.3. The minimum atomic E-state index is -0.944. The maximum Gasteiger partial charge on any atom is 0.197 e. The highest BCUT2D eigenvalue weighted by Crippen LogP contribution is 2.22. The molecule has 3 nitrogen and oxygen atoms in total. The van der Waals surface area contributed by atoms with E-state index in [0.29, 0.717) is 16.6 Å². The molecule has 0 saturated heterocycles. The molecule has 106 valence electrons. The van der Waals surface area contributed by atoms with Crippen molar-refractivity contribution >= 4 is 5.78 Å². The van der Waals surface area contributed by atoms with Gasteiger partial charge in [0.15, 0.2) is 11.9 Å². The van der Waals surface area contributed by atoms with Gasteiger partial charge < -0.3 is 9.59 Å². The molecular formula is C16H26NO2+. The highest BCUT2D eigenvalue weighted by molar-refractivity contribution is 5.99. The number of benzene rings is 1. The van der Waals surface area contributed by atoms with Gasteiger partial charge in [-0.2, -0.15) is 0 Å². The molecule has 1 unspecified atom stereocenters. The largest absolute Gasteiger partial charge is 0.379 e. The lowest BCUT2D eigenvalue weighted by Crippen LogP contribution is -2.44. The van der Waals surface area contributed by atoms with Gasteiger partial charge >= 0.3 is 0 Å². The van der Waals surface area contributed by atoms with Crippen LogP contribution in [0.4, 0.5) is 0 Å². The molecule has 1 N–H and O–H groups in total. The number of aliphatic hydroxyl groups excluding tert-OH is 1. The third-order valence-corrected chi connectivity index (χ3v) is 3.06. The maximum atomic E-state index is 12.1. The van der Waals surface area contributed by atoms with Crippen molar-refractivity contribution in [2.24, 2.45) is 0 Å². The maximum absolute atomic E-state index is 12.1. The summed E-state index contributed by atoms with van der Waals surface area (Å²) in [7, 11) is 5.87. The van der Waals surface area contributed by atoms with E-state index in [0.717, 1.165) is 0 Å². The molecular weight excluding hydrogens is 238 g/mol. The number of hydrogen-bond acceptors (Lipinski definition) is 2. The van der Waals surface area contributed by atoms with Crippen LogP contribution in [0.1, 0.15) is 36.7 Å². The Balaban J connectivity index is 2.84. The fraction of sp³-hybridized carbons (Fsp3) is 0.562. The number of carbonyl (C=O) groups is 1. The molecule has 0 bridgehead atoms. The van der Waals surface area contributed by atoms with E-state index in [2.05, 4.69) is 20.8 Å². The molecule has 1 rings (SSSR count). The van der Waals surface area contributed by atoms with Crippen LogP contribution in [0.15, 0.2) is 24.3 Å². The summed E-state index contributed by atoms with van der Waals surface area (Å²) >= 11 is 0. The molecule has 19 heavy (non-hydrogen) atoms. The molecule has 0 heterocycles. The molecule has 3 heteroatoms. The van der Waals surface area contributed by atoms with Gasteiger partial charge in [-0.15, -0.1) is 0 Å². The lowest BCUT2D eigenvalue weighted by Gasteiger charge is -2.26. The summed E-state index contributed by atoms with van der Waals surface area (Å²) in [5.41, 5.74) is 1.83. The van der Waals surface area contributed by atoms with Gasteiger partial charge in [0, 0.05) is 5.56 Å². The Bertz CT molecular complexity index is 435. The van der Waals surface area contributed by atoms with Crippen molar-refractivity contribution < 1.29 is 14.4 Å². The average Bonchev–Trinajstić information content (AvgIpc) is 2.24. The number of ketones is 1. The first-order valence-electron chi connectivity index (χ1n) is 6.64. The molecule has 0 aromatic heterocycles. The summed E-state index contributed by atoms with van der Waals surface area (Å²) in [4.78, 5) is 12.1. The van der Waals surface area contributed by atoms with Gasteiger partial charge in [0.25, 0.3) is 0 Å². The van der Waals surface area contributed by atoms with Gasteiger partial charge in [-0.05, 0) is 11.0 Å². The molecule has 0 aliphatic rings. The minimum absolute atomic E-state index is 0.0719. The van der Waals surface area contributed by atoms with Crippen LogP contribution in [0.25, 0.3) is 0 Å². The van der Waals surface area contributed by atoms with Crippen molar-refractivity contribution in [3.8, 4) is 0 Å². The summed E-state index contributed by atoms with van der Waals surface area (Å²) in [6.07, 6.45) is -0.944. The zero-order valence-electron chi connectivity index (χ0n) is 12.9. The van der Waals surface area contributed by atoms with Crippen molar-refractivity contribution in [1.82, 2.24) is 0 Å². The summed E-state index contributed by atoms with van der Waals surface area (Å²) in [5.74, 6) is -0.200. The zero-order valence-corrected chi connectivity index (χ0v) is 12.9. The van der Waals surface area contributed by atoms with Crippen LogP contribution in [-0.2, 0) is 5.41 Å². The zero-order chi connectivity index (χ0) is 14.8. The molecule has 1 atom stereocenters. The van der Waals surface area contributed by atoms with E-state index in [9.17, 15) is 9.90 Å². The minimum Gasteiger partial charge on any atom is -0.379 e. The van der Waals surface area contributed by atoms with Crippen molar-refractivity contribution in [2.75, 3.05) is 27.7 Å². The Labute approximate surface area is 116 Å². The first-order valence-corrected chi connectivity index (χ1v) is 6.64. The highest BCUT2D eigenvalue weighted by atomic mass is 16.3. The molecule has 0 spiro atoms. The van der Waals surface area contributed by atoms with E-state index in [4.69, 9.17) is 0 Å². The number of aliphatic hydroxyl groups is 1. The Hall–Kier alpha value is -1.19. The quantitative estimate of drug-likeness (QED) is 0.669. The van der Waals surface area contributed by atoms with Crippen molar-refractivity contribution in [3.05, 3.63) is 35.4 Å². The van der Waals surface area contributed by atoms with Crippen molar-refractivity contribution in [1.29, 1.82) is 0 Å². The first-order chi connectivity index (χ1) is 8.50. The number of rotatable bonds is 4. The Morgan fingerprint density at radius 2 is 1.63 bits per heavy atom. The Morgan fingerprint density at radius 3 is 2.00 bits per heavy atom. The predicted octanol–water partition coefficient (Wildman–Crippen LogP) is 2.23. The van der Waals surface area contributed by atoms with Crippen molar-refractivity contribution in [3.63, 3.8) is 0 Å². The second-order valence-electron chi connectivity index (χ2n) is 7.18. The molecule has 0 saturated carbocycles. The standard InChI is InChI=1S/C16H26NO2/c1-16(2,3)13-9-7-12(8-10-13)15(19)14(18)11-17(4,5)6/h7-10,14,18H,11H2,1-6H3/q+1. The van der Waals surface area contributed by atoms with E-state index in [1.54, 1.807) is 0 Å². The molecule has 1 aromatic carbocycles. The lowest BCUT2D eigenvalue weighted by atomic mass is 9.86. The topological polar surface area (TPSA) is 37.3 Å². The van der Waals surface area contributed by atoms with Crippen LogP contribution in [0, 0.1) is 0 Å². The number of quaternary nitrogens is 1. The summed E-state index contributed by atoms with van der Waals surface area (Å²) in [5, 5.41) is 9.97. The van der Waals surface area contributed by atoms with Crippen molar-refractivity contribution in [2.45, 2.75) is 32.3 Å². The number of Topliss-reactive ketones (excluding diaryl/α,β-unsaturated/α-hetero) is 1. The lowest BCUT2D eigenvalue weighted by molar-refractivity contribution is -0.872. The van der Waals surface area contributed by atoms with E-state index in [1.165, 1.54) is 5.56 Å². The summed E-state index contributed by atoms with van der Waals surface area (Å²) in [6, 6.07) is 7.54. The number of nitrogens with zero attached hydrogens (tertiary/aromatic N) is 1. The summed E-state index contributed by atoms with van der Waals surface area (Å²) < 4.78 is 0.562. The first kappa shape index (κ1) is 15.9. The molecule has 1 aromatic rings. The molecule has 0 radical (unpaired) electrons. The fourth-order valence-electron chi connectivity index (χ4n) is 1.93. The number of carbonyl (C=O) groups excluding carboxylic acids is 1. The van der Waals surface area contributed by atoms with E-state index in [-0.39, 0.29) is 11.2 Å². The van der Waals surface area contributed by atoms with Crippen LogP contribution in [-0.4, -0.2) is 49.2 Å². The second kappa shape index (κ2) is 5.43.